The molecule has 0 atom stereocenters. The van der Waals surface area contributed by atoms with Gasteiger partial charge in [0.1, 0.15) is 0 Å². The van der Waals surface area contributed by atoms with Crippen molar-refractivity contribution in [3.63, 3.8) is 0 Å². The Hall–Kier alpha value is -2.17. The first-order valence-electron chi connectivity index (χ1n) is 6.77. The highest BCUT2D eigenvalue weighted by atomic mass is 16.7. The van der Waals surface area contributed by atoms with Gasteiger partial charge in [-0.2, -0.15) is 5.10 Å². The number of nitrogens with two attached hydrogens (primary N) is 1. The fourth-order valence-corrected chi connectivity index (χ4v) is 2.37. The second kappa shape index (κ2) is 4.44. The molecule has 0 amide bonds. The third-order valence-electron chi connectivity index (χ3n) is 4.02. The number of hydrogen-bond donors (Lipinski definition) is 2. The van der Waals surface area contributed by atoms with Crippen molar-refractivity contribution in [1.29, 1.82) is 0 Å². The van der Waals surface area contributed by atoms with E-state index in [4.69, 9.17) is 15.2 Å². The second-order valence-electron chi connectivity index (χ2n) is 5.66. The minimum atomic E-state index is -0.0175. The van der Waals surface area contributed by atoms with E-state index in [1.54, 1.807) is 0 Å². The molecule has 1 aliphatic heterocycles. The van der Waals surface area contributed by atoms with Gasteiger partial charge in [-0.15, -0.1) is 0 Å². The van der Waals surface area contributed by atoms with Crippen LogP contribution < -0.4 is 15.2 Å². The molecule has 0 bridgehead atoms. The summed E-state index contributed by atoms with van der Waals surface area (Å²) in [5, 5.41) is 7.27. The van der Waals surface area contributed by atoms with Gasteiger partial charge in [-0.05, 0) is 24.1 Å². The van der Waals surface area contributed by atoms with Gasteiger partial charge in [0.25, 0.3) is 0 Å². The van der Waals surface area contributed by atoms with Gasteiger partial charge in [0.2, 0.25) is 6.79 Å². The Balaban J connectivity index is 2.13. The summed E-state index contributed by atoms with van der Waals surface area (Å²) < 4.78 is 10.8. The number of hydrogen-bond acceptors (Lipinski definition) is 4. The molecular formula is C15H19N3O2. The van der Waals surface area contributed by atoms with Crippen molar-refractivity contribution >= 4 is 5.82 Å². The summed E-state index contributed by atoms with van der Waals surface area (Å²) in [7, 11) is 0. The van der Waals surface area contributed by atoms with E-state index in [1.165, 1.54) is 0 Å². The van der Waals surface area contributed by atoms with Gasteiger partial charge >= 0.3 is 0 Å². The molecule has 0 aliphatic carbocycles. The number of nitrogens with one attached hydrogen (secondary N) is 1. The maximum Gasteiger partial charge on any atom is 0.231 e. The summed E-state index contributed by atoms with van der Waals surface area (Å²) in [6.07, 6.45) is 0.992. The van der Waals surface area contributed by atoms with E-state index < -0.39 is 0 Å². The lowest BCUT2D eigenvalue weighted by molar-refractivity contribution is 0.174. The molecule has 0 saturated carbocycles. The Morgan fingerprint density at radius 3 is 2.80 bits per heavy atom. The summed E-state index contributed by atoms with van der Waals surface area (Å²) in [4.78, 5) is 0. The molecular weight excluding hydrogens is 254 g/mol. The SMILES string of the molecule is CCC(C)(C)c1[nH]nc(N)c1-c1ccc2c(c1)OCO2. The molecule has 1 aliphatic rings. The van der Waals surface area contributed by atoms with Gasteiger partial charge in [-0.25, -0.2) is 0 Å². The van der Waals surface area contributed by atoms with Gasteiger partial charge in [-0.3, -0.25) is 5.10 Å². The number of rotatable bonds is 3. The molecule has 0 spiro atoms. The van der Waals surface area contributed by atoms with E-state index in [2.05, 4.69) is 31.0 Å². The molecule has 3 N–H and O–H groups in total. The van der Waals surface area contributed by atoms with Crippen LogP contribution in [0.3, 0.4) is 0 Å². The smallest absolute Gasteiger partial charge is 0.231 e. The zero-order valence-corrected chi connectivity index (χ0v) is 12.0. The Labute approximate surface area is 118 Å². The molecule has 20 heavy (non-hydrogen) atoms. The first-order valence-corrected chi connectivity index (χ1v) is 6.77. The number of benzene rings is 1. The van der Waals surface area contributed by atoms with Crippen LogP contribution in [0.25, 0.3) is 11.1 Å². The molecule has 0 unspecified atom stereocenters. The summed E-state index contributed by atoms with van der Waals surface area (Å²) in [5.41, 5.74) is 9.04. The highest BCUT2D eigenvalue weighted by Crippen LogP contribution is 2.41. The molecule has 0 saturated heterocycles. The molecule has 0 radical (unpaired) electrons. The van der Waals surface area contributed by atoms with Crippen LogP contribution in [0.15, 0.2) is 18.2 Å². The second-order valence-corrected chi connectivity index (χ2v) is 5.66. The number of aromatic amines is 1. The fourth-order valence-electron chi connectivity index (χ4n) is 2.37. The van der Waals surface area contributed by atoms with Gasteiger partial charge in [0, 0.05) is 11.0 Å². The van der Waals surface area contributed by atoms with Crippen LogP contribution >= 0.6 is 0 Å². The van der Waals surface area contributed by atoms with Crippen molar-refractivity contribution in [2.75, 3.05) is 12.5 Å². The summed E-state index contributed by atoms with van der Waals surface area (Å²) in [5.74, 6) is 2.04. The highest BCUT2D eigenvalue weighted by Gasteiger charge is 2.27. The number of aromatic nitrogens is 2. The third-order valence-corrected chi connectivity index (χ3v) is 4.02. The van der Waals surface area contributed by atoms with Crippen molar-refractivity contribution < 1.29 is 9.47 Å². The minimum Gasteiger partial charge on any atom is -0.454 e. The van der Waals surface area contributed by atoms with Gasteiger partial charge in [0.15, 0.2) is 17.3 Å². The van der Waals surface area contributed by atoms with Crippen molar-refractivity contribution in [1.82, 2.24) is 10.2 Å². The van der Waals surface area contributed by atoms with Gasteiger partial charge < -0.3 is 15.2 Å². The van der Waals surface area contributed by atoms with Crippen molar-refractivity contribution in [3.05, 3.63) is 23.9 Å². The van der Waals surface area contributed by atoms with E-state index in [0.29, 0.717) is 5.82 Å². The monoisotopic (exact) mass is 273 g/mol. The lowest BCUT2D eigenvalue weighted by Crippen LogP contribution is -2.17. The van der Waals surface area contributed by atoms with E-state index in [1.807, 2.05) is 18.2 Å². The van der Waals surface area contributed by atoms with Crippen LogP contribution in [0, 0.1) is 0 Å². The molecule has 0 fully saturated rings. The molecule has 2 heterocycles. The predicted molar refractivity (Wildman–Crippen MR) is 77.9 cm³/mol. The molecule has 1 aromatic heterocycles. The lowest BCUT2D eigenvalue weighted by Gasteiger charge is -2.22. The zero-order chi connectivity index (χ0) is 14.3. The quantitative estimate of drug-likeness (QED) is 0.901. The molecule has 5 heteroatoms. The largest absolute Gasteiger partial charge is 0.454 e. The first kappa shape index (κ1) is 12.8. The van der Waals surface area contributed by atoms with E-state index in [9.17, 15) is 0 Å². The van der Waals surface area contributed by atoms with Crippen LogP contribution in [0.2, 0.25) is 0 Å². The topological polar surface area (TPSA) is 73.2 Å². The summed E-state index contributed by atoms with van der Waals surface area (Å²) >= 11 is 0. The molecule has 3 rings (SSSR count). The van der Waals surface area contributed by atoms with Gasteiger partial charge in [0.05, 0.1) is 5.69 Å². The average molecular weight is 273 g/mol. The van der Waals surface area contributed by atoms with Crippen LogP contribution in [-0.4, -0.2) is 17.0 Å². The number of fused-ring (bicyclic) bond motifs is 1. The van der Waals surface area contributed by atoms with Crippen LogP contribution in [-0.2, 0) is 5.41 Å². The maximum absolute atomic E-state index is 6.06. The zero-order valence-electron chi connectivity index (χ0n) is 12.0. The van der Waals surface area contributed by atoms with Gasteiger partial charge in [-0.1, -0.05) is 26.8 Å². The van der Waals surface area contributed by atoms with Crippen molar-refractivity contribution in [2.45, 2.75) is 32.6 Å². The number of H-pyrrole nitrogens is 1. The highest BCUT2D eigenvalue weighted by molar-refractivity contribution is 5.79. The number of nitrogen functional groups attached to an aromatic ring is 1. The van der Waals surface area contributed by atoms with E-state index >= 15 is 0 Å². The number of ether oxygens (including phenoxy) is 2. The summed E-state index contributed by atoms with van der Waals surface area (Å²) in [6, 6.07) is 5.86. The Bertz CT molecular complexity index is 647. The first-order chi connectivity index (χ1) is 9.53. The molecule has 106 valence electrons. The van der Waals surface area contributed by atoms with Crippen molar-refractivity contribution in [2.24, 2.45) is 0 Å². The third kappa shape index (κ3) is 1.90. The van der Waals surface area contributed by atoms with E-state index in [0.717, 1.165) is 34.7 Å². The Kier molecular flexibility index (Phi) is 2.85. The predicted octanol–water partition coefficient (Wildman–Crippen LogP) is 3.08. The van der Waals surface area contributed by atoms with Crippen LogP contribution in [0.4, 0.5) is 5.82 Å². The van der Waals surface area contributed by atoms with Crippen LogP contribution in [0.1, 0.15) is 32.9 Å². The molecule has 1 aromatic carbocycles. The molecule has 2 aromatic rings. The lowest BCUT2D eigenvalue weighted by atomic mass is 9.83. The normalized spacial score (nSPS) is 13.8. The number of nitrogens with zero attached hydrogens (tertiary/aromatic N) is 1. The Morgan fingerprint density at radius 2 is 2.05 bits per heavy atom. The van der Waals surface area contributed by atoms with Crippen LogP contribution in [0.5, 0.6) is 11.5 Å². The van der Waals surface area contributed by atoms with E-state index in [-0.39, 0.29) is 12.2 Å². The summed E-state index contributed by atoms with van der Waals surface area (Å²) in [6.45, 7) is 6.78. The van der Waals surface area contributed by atoms with Crippen molar-refractivity contribution in [3.8, 4) is 22.6 Å². The maximum atomic E-state index is 6.06. The molecule has 5 nitrogen and oxygen atoms in total. The average Bonchev–Trinajstić information content (AvgIpc) is 3.04. The standard InChI is InChI=1S/C15H19N3O2/c1-4-15(2,3)13-12(14(16)18-17-13)9-5-6-10-11(7-9)20-8-19-10/h5-7H,4,8H2,1-3H3,(H3,16,17,18). The minimum absolute atomic E-state index is 0.0175. The fraction of sp³-hybridized carbons (Fsp3) is 0.400. The Morgan fingerprint density at radius 1 is 1.30 bits per heavy atom. The number of anilines is 1.